The molecule has 0 heterocycles. The van der Waals surface area contributed by atoms with Crippen molar-refractivity contribution in [2.75, 3.05) is 13.4 Å². The first kappa shape index (κ1) is 10.4. The molecule has 1 aliphatic carbocycles. The van der Waals surface area contributed by atoms with Gasteiger partial charge in [-0.25, -0.2) is 0 Å². The Morgan fingerprint density at radius 2 is 1.83 bits per heavy atom. The lowest BCUT2D eigenvalue weighted by Crippen LogP contribution is -2.30. The van der Waals surface area contributed by atoms with Crippen LogP contribution in [0.25, 0.3) is 0 Å². The molecule has 0 saturated heterocycles. The van der Waals surface area contributed by atoms with Gasteiger partial charge in [0.2, 0.25) is 0 Å². The van der Waals surface area contributed by atoms with Gasteiger partial charge < -0.3 is 8.92 Å². The van der Waals surface area contributed by atoms with E-state index >= 15 is 0 Å². The zero-order chi connectivity index (χ0) is 8.97. The highest BCUT2D eigenvalue weighted by Gasteiger charge is 2.26. The van der Waals surface area contributed by atoms with Crippen molar-refractivity contribution < 1.29 is 8.92 Å². The van der Waals surface area contributed by atoms with Crippen molar-refractivity contribution in [1.82, 2.24) is 0 Å². The molecule has 0 aliphatic heterocycles. The fraction of sp³-hybridized carbons (Fsp3) is 1.00. The monoisotopic (exact) mass is 190 g/mol. The minimum absolute atomic E-state index is 0.397. The number of hydrogen-bond donors (Lipinski definition) is 0. The van der Waals surface area contributed by atoms with E-state index < -0.39 is 0 Å². The minimum atomic E-state index is 0.397. The van der Waals surface area contributed by atoms with Gasteiger partial charge in [-0.05, 0) is 30.8 Å². The van der Waals surface area contributed by atoms with Crippen molar-refractivity contribution in [2.45, 2.75) is 38.4 Å². The third kappa shape index (κ3) is 2.96. The quantitative estimate of drug-likeness (QED) is 0.637. The molecule has 0 bridgehead atoms. The van der Waals surface area contributed by atoms with Crippen LogP contribution < -0.4 is 0 Å². The smallest absolute Gasteiger partial charge is 0.0749 e. The molecule has 0 aromatic carbocycles. The molecule has 3 heteroatoms. The van der Waals surface area contributed by atoms with Crippen LogP contribution in [0.3, 0.4) is 0 Å². The predicted octanol–water partition coefficient (Wildman–Crippen LogP) is 2.48. The average molecular weight is 190 g/mol. The van der Waals surface area contributed by atoms with Crippen molar-refractivity contribution in [1.29, 1.82) is 0 Å². The summed E-state index contributed by atoms with van der Waals surface area (Å²) in [4.78, 5) is 0. The van der Waals surface area contributed by atoms with E-state index in [1.165, 1.54) is 24.9 Å². The first-order valence-electron chi connectivity index (χ1n) is 4.48. The van der Waals surface area contributed by atoms with Crippen LogP contribution in [-0.4, -0.2) is 25.6 Å². The molecule has 2 nitrogen and oxygen atoms in total. The molecule has 0 radical (unpaired) electrons. The molecule has 0 aromatic rings. The Balaban J connectivity index is 2.34. The van der Waals surface area contributed by atoms with Crippen LogP contribution in [0, 0.1) is 5.92 Å². The SMILES string of the molecule is COC1CC(C)CC(OSC)C1. The molecule has 1 saturated carbocycles. The largest absolute Gasteiger partial charge is 0.381 e. The number of hydrogen-bond acceptors (Lipinski definition) is 3. The van der Waals surface area contributed by atoms with Crippen molar-refractivity contribution >= 4 is 12.0 Å². The summed E-state index contributed by atoms with van der Waals surface area (Å²) in [5.41, 5.74) is 0. The van der Waals surface area contributed by atoms with Crippen LogP contribution in [0.2, 0.25) is 0 Å². The summed E-state index contributed by atoms with van der Waals surface area (Å²) in [6, 6.07) is 0. The summed E-state index contributed by atoms with van der Waals surface area (Å²) in [7, 11) is 1.79. The Morgan fingerprint density at radius 1 is 1.17 bits per heavy atom. The first-order valence-corrected chi connectivity index (χ1v) is 5.63. The van der Waals surface area contributed by atoms with Crippen LogP contribution >= 0.6 is 12.0 Å². The van der Waals surface area contributed by atoms with Crippen molar-refractivity contribution in [3.8, 4) is 0 Å². The Morgan fingerprint density at radius 3 is 2.42 bits per heavy atom. The average Bonchev–Trinajstić information content (AvgIpc) is 2.04. The fourth-order valence-corrected chi connectivity index (χ4v) is 2.32. The van der Waals surface area contributed by atoms with Gasteiger partial charge in [0, 0.05) is 19.8 Å². The summed E-state index contributed by atoms with van der Waals surface area (Å²) < 4.78 is 10.9. The molecular weight excluding hydrogens is 172 g/mol. The lowest BCUT2D eigenvalue weighted by Gasteiger charge is -2.31. The maximum atomic E-state index is 5.52. The summed E-state index contributed by atoms with van der Waals surface area (Å²) in [6.45, 7) is 2.27. The van der Waals surface area contributed by atoms with Gasteiger partial charge in [0.25, 0.3) is 0 Å². The molecule has 1 rings (SSSR count). The lowest BCUT2D eigenvalue weighted by atomic mass is 9.87. The first-order chi connectivity index (χ1) is 5.76. The maximum Gasteiger partial charge on any atom is 0.0749 e. The summed E-state index contributed by atoms with van der Waals surface area (Å²) >= 11 is 1.47. The third-order valence-electron chi connectivity index (χ3n) is 2.42. The molecule has 3 unspecified atom stereocenters. The molecule has 0 N–H and O–H groups in total. The van der Waals surface area contributed by atoms with E-state index in [4.69, 9.17) is 8.92 Å². The molecule has 0 spiro atoms. The summed E-state index contributed by atoms with van der Waals surface area (Å²) in [6.07, 6.45) is 6.20. The van der Waals surface area contributed by atoms with E-state index in [1.54, 1.807) is 7.11 Å². The topological polar surface area (TPSA) is 18.5 Å². The number of rotatable bonds is 3. The summed E-state index contributed by atoms with van der Waals surface area (Å²) in [5.74, 6) is 0.737. The van der Waals surface area contributed by atoms with Crippen LogP contribution in [0.5, 0.6) is 0 Å². The molecular formula is C9H18O2S. The maximum absolute atomic E-state index is 5.52. The van der Waals surface area contributed by atoms with Gasteiger partial charge in [-0.1, -0.05) is 6.92 Å². The van der Waals surface area contributed by atoms with Crippen LogP contribution in [0.1, 0.15) is 26.2 Å². The predicted molar refractivity (Wildman–Crippen MR) is 52.2 cm³/mol. The summed E-state index contributed by atoms with van der Waals surface area (Å²) in [5, 5.41) is 0. The second-order valence-corrected chi connectivity index (χ2v) is 4.08. The van der Waals surface area contributed by atoms with E-state index in [2.05, 4.69) is 6.92 Å². The number of ether oxygens (including phenoxy) is 1. The molecule has 1 fully saturated rings. The molecule has 0 aromatic heterocycles. The van der Waals surface area contributed by atoms with Gasteiger partial charge in [-0.2, -0.15) is 0 Å². The Hall–Kier alpha value is 0.270. The highest BCUT2D eigenvalue weighted by Crippen LogP contribution is 2.29. The molecule has 72 valence electrons. The van der Waals surface area contributed by atoms with Gasteiger partial charge in [-0.15, -0.1) is 0 Å². The Kier molecular flexibility index (Phi) is 4.40. The van der Waals surface area contributed by atoms with Crippen LogP contribution in [0.15, 0.2) is 0 Å². The highest BCUT2D eigenvalue weighted by atomic mass is 32.2. The van der Waals surface area contributed by atoms with E-state index in [9.17, 15) is 0 Å². The molecule has 3 atom stereocenters. The van der Waals surface area contributed by atoms with Crippen molar-refractivity contribution in [2.24, 2.45) is 5.92 Å². The van der Waals surface area contributed by atoms with E-state index in [0.29, 0.717) is 12.2 Å². The van der Waals surface area contributed by atoms with E-state index in [1.807, 2.05) is 6.26 Å². The second-order valence-electron chi connectivity index (χ2n) is 3.55. The third-order valence-corrected chi connectivity index (χ3v) is 2.89. The lowest BCUT2D eigenvalue weighted by molar-refractivity contribution is 0.00858. The molecule has 0 amide bonds. The highest BCUT2D eigenvalue weighted by molar-refractivity contribution is 7.93. The van der Waals surface area contributed by atoms with E-state index in [0.717, 1.165) is 12.3 Å². The van der Waals surface area contributed by atoms with Crippen molar-refractivity contribution in [3.63, 3.8) is 0 Å². The van der Waals surface area contributed by atoms with Crippen LogP contribution in [-0.2, 0) is 8.92 Å². The van der Waals surface area contributed by atoms with Crippen molar-refractivity contribution in [3.05, 3.63) is 0 Å². The van der Waals surface area contributed by atoms with Gasteiger partial charge in [0.1, 0.15) is 0 Å². The Bertz CT molecular complexity index is 130. The zero-order valence-electron chi connectivity index (χ0n) is 8.08. The minimum Gasteiger partial charge on any atom is -0.381 e. The van der Waals surface area contributed by atoms with Crippen LogP contribution in [0.4, 0.5) is 0 Å². The molecule has 12 heavy (non-hydrogen) atoms. The van der Waals surface area contributed by atoms with Gasteiger partial charge in [-0.3, -0.25) is 0 Å². The standard InChI is InChI=1S/C9H18O2S/c1-7-4-8(10-2)6-9(5-7)11-12-3/h7-9H,4-6H2,1-3H3. The Labute approximate surface area is 79.2 Å². The molecule has 1 aliphatic rings. The number of methoxy groups -OCH3 is 1. The van der Waals surface area contributed by atoms with Gasteiger partial charge >= 0.3 is 0 Å². The fourth-order valence-electron chi connectivity index (χ4n) is 1.89. The normalized spacial score (nSPS) is 36.8. The zero-order valence-corrected chi connectivity index (χ0v) is 8.89. The second kappa shape index (κ2) is 5.10. The van der Waals surface area contributed by atoms with Gasteiger partial charge in [0.15, 0.2) is 0 Å². The van der Waals surface area contributed by atoms with E-state index in [-0.39, 0.29) is 0 Å². The van der Waals surface area contributed by atoms with Gasteiger partial charge in [0.05, 0.1) is 12.2 Å².